The SMILES string of the molecule is CNCc1nc(-c2ccc(OC)cc2)no1.Cl. The number of nitrogens with one attached hydrogen (secondary N) is 1. The monoisotopic (exact) mass is 255 g/mol. The van der Waals surface area contributed by atoms with Crippen molar-refractivity contribution in [1.82, 2.24) is 15.5 Å². The number of benzene rings is 1. The molecule has 0 saturated heterocycles. The number of rotatable bonds is 4. The van der Waals surface area contributed by atoms with E-state index in [1.165, 1.54) is 0 Å². The molecule has 0 fully saturated rings. The molecule has 0 saturated carbocycles. The summed E-state index contributed by atoms with van der Waals surface area (Å²) in [5.74, 6) is 1.98. The minimum Gasteiger partial charge on any atom is -0.497 e. The Hall–Kier alpha value is -1.59. The largest absolute Gasteiger partial charge is 0.497 e. The van der Waals surface area contributed by atoms with Crippen molar-refractivity contribution in [2.45, 2.75) is 6.54 Å². The van der Waals surface area contributed by atoms with Gasteiger partial charge in [0, 0.05) is 5.56 Å². The molecular formula is C11H14ClN3O2. The highest BCUT2D eigenvalue weighted by Gasteiger charge is 2.07. The molecule has 1 heterocycles. The van der Waals surface area contributed by atoms with Crippen LogP contribution in [0.4, 0.5) is 0 Å². The van der Waals surface area contributed by atoms with Crippen molar-refractivity contribution >= 4 is 12.4 Å². The van der Waals surface area contributed by atoms with Gasteiger partial charge in [-0.05, 0) is 31.3 Å². The van der Waals surface area contributed by atoms with Crippen molar-refractivity contribution in [3.63, 3.8) is 0 Å². The first kappa shape index (κ1) is 13.5. The second-order valence-corrected chi connectivity index (χ2v) is 3.27. The maximum absolute atomic E-state index is 5.07. The van der Waals surface area contributed by atoms with Crippen LogP contribution in [0.25, 0.3) is 11.4 Å². The van der Waals surface area contributed by atoms with E-state index in [9.17, 15) is 0 Å². The molecule has 2 aromatic rings. The van der Waals surface area contributed by atoms with E-state index in [-0.39, 0.29) is 12.4 Å². The van der Waals surface area contributed by atoms with E-state index < -0.39 is 0 Å². The highest BCUT2D eigenvalue weighted by atomic mass is 35.5. The van der Waals surface area contributed by atoms with Crippen molar-refractivity contribution in [2.24, 2.45) is 0 Å². The Balaban J connectivity index is 0.00000144. The van der Waals surface area contributed by atoms with E-state index in [1.807, 2.05) is 31.3 Å². The summed E-state index contributed by atoms with van der Waals surface area (Å²) in [6.45, 7) is 0.573. The molecular weight excluding hydrogens is 242 g/mol. The molecule has 0 amide bonds. The fourth-order valence-electron chi connectivity index (χ4n) is 1.34. The van der Waals surface area contributed by atoms with Crippen LogP contribution >= 0.6 is 12.4 Å². The molecule has 17 heavy (non-hydrogen) atoms. The Morgan fingerprint density at radius 1 is 1.29 bits per heavy atom. The van der Waals surface area contributed by atoms with Gasteiger partial charge in [-0.1, -0.05) is 5.16 Å². The molecule has 5 nitrogen and oxygen atoms in total. The predicted octanol–water partition coefficient (Wildman–Crippen LogP) is 1.89. The van der Waals surface area contributed by atoms with Gasteiger partial charge in [-0.15, -0.1) is 12.4 Å². The van der Waals surface area contributed by atoms with Crippen molar-refractivity contribution in [3.05, 3.63) is 30.2 Å². The van der Waals surface area contributed by atoms with Crippen LogP contribution in [0.2, 0.25) is 0 Å². The molecule has 0 aliphatic rings. The number of ether oxygens (including phenoxy) is 1. The molecule has 92 valence electrons. The number of methoxy groups -OCH3 is 1. The molecule has 0 radical (unpaired) electrons. The Bertz CT molecular complexity index is 456. The quantitative estimate of drug-likeness (QED) is 0.904. The van der Waals surface area contributed by atoms with Crippen molar-refractivity contribution in [1.29, 1.82) is 0 Å². The molecule has 0 aliphatic heterocycles. The van der Waals surface area contributed by atoms with Gasteiger partial charge in [0.2, 0.25) is 11.7 Å². The van der Waals surface area contributed by atoms with Crippen LogP contribution in [-0.4, -0.2) is 24.3 Å². The van der Waals surface area contributed by atoms with Gasteiger partial charge in [0.1, 0.15) is 5.75 Å². The average molecular weight is 256 g/mol. The summed E-state index contributed by atoms with van der Waals surface area (Å²) in [5, 5.41) is 6.84. The van der Waals surface area contributed by atoms with Gasteiger partial charge in [0.05, 0.1) is 13.7 Å². The van der Waals surface area contributed by atoms with Crippen molar-refractivity contribution in [2.75, 3.05) is 14.2 Å². The van der Waals surface area contributed by atoms with Gasteiger partial charge in [-0.3, -0.25) is 0 Å². The summed E-state index contributed by atoms with van der Waals surface area (Å²) in [7, 11) is 3.46. The fourth-order valence-corrected chi connectivity index (χ4v) is 1.34. The summed E-state index contributed by atoms with van der Waals surface area (Å²) in [6, 6.07) is 7.52. The fraction of sp³-hybridized carbons (Fsp3) is 0.273. The van der Waals surface area contributed by atoms with Crippen molar-refractivity contribution in [3.8, 4) is 17.1 Å². The first-order valence-corrected chi connectivity index (χ1v) is 4.95. The lowest BCUT2D eigenvalue weighted by Crippen LogP contribution is -2.04. The zero-order valence-electron chi connectivity index (χ0n) is 9.64. The maximum Gasteiger partial charge on any atom is 0.240 e. The Labute approximate surface area is 106 Å². The van der Waals surface area contributed by atoms with E-state index in [2.05, 4.69) is 15.5 Å². The van der Waals surface area contributed by atoms with Crippen LogP contribution in [0.15, 0.2) is 28.8 Å². The normalized spacial score (nSPS) is 9.76. The summed E-state index contributed by atoms with van der Waals surface area (Å²) in [5.41, 5.74) is 0.909. The Kier molecular flexibility index (Phi) is 4.93. The van der Waals surface area contributed by atoms with E-state index >= 15 is 0 Å². The summed E-state index contributed by atoms with van der Waals surface area (Å²) in [6.07, 6.45) is 0. The highest BCUT2D eigenvalue weighted by molar-refractivity contribution is 5.85. The van der Waals surface area contributed by atoms with Crippen molar-refractivity contribution < 1.29 is 9.26 Å². The molecule has 1 N–H and O–H groups in total. The van der Waals surface area contributed by atoms with Crippen LogP contribution in [0.5, 0.6) is 5.75 Å². The molecule has 0 unspecified atom stereocenters. The van der Waals surface area contributed by atoms with E-state index in [4.69, 9.17) is 9.26 Å². The Morgan fingerprint density at radius 2 is 2.00 bits per heavy atom. The molecule has 1 aromatic carbocycles. The third-order valence-electron chi connectivity index (χ3n) is 2.14. The maximum atomic E-state index is 5.07. The lowest BCUT2D eigenvalue weighted by molar-refractivity contribution is 0.372. The van der Waals surface area contributed by atoms with Crippen LogP contribution in [-0.2, 0) is 6.54 Å². The second-order valence-electron chi connectivity index (χ2n) is 3.27. The molecule has 0 atom stereocenters. The van der Waals surface area contributed by atoms with E-state index in [0.717, 1.165) is 11.3 Å². The highest BCUT2D eigenvalue weighted by Crippen LogP contribution is 2.19. The molecule has 0 spiro atoms. The third kappa shape index (κ3) is 3.18. The summed E-state index contributed by atoms with van der Waals surface area (Å²) < 4.78 is 10.1. The van der Waals surface area contributed by atoms with Crippen LogP contribution in [0.3, 0.4) is 0 Å². The zero-order valence-corrected chi connectivity index (χ0v) is 10.5. The van der Waals surface area contributed by atoms with Crippen LogP contribution in [0.1, 0.15) is 5.89 Å². The van der Waals surface area contributed by atoms with Gasteiger partial charge in [-0.25, -0.2) is 0 Å². The van der Waals surface area contributed by atoms with Crippen LogP contribution in [0, 0.1) is 0 Å². The minimum absolute atomic E-state index is 0. The number of aromatic nitrogens is 2. The molecule has 0 aliphatic carbocycles. The average Bonchev–Trinajstić information content (AvgIpc) is 2.78. The molecule has 2 rings (SSSR count). The number of nitrogens with zero attached hydrogens (tertiary/aromatic N) is 2. The summed E-state index contributed by atoms with van der Waals surface area (Å²) >= 11 is 0. The van der Waals surface area contributed by atoms with E-state index in [1.54, 1.807) is 7.11 Å². The second kappa shape index (κ2) is 6.22. The molecule has 0 bridgehead atoms. The first-order chi connectivity index (χ1) is 7.83. The number of hydrogen-bond acceptors (Lipinski definition) is 5. The lowest BCUT2D eigenvalue weighted by atomic mass is 10.2. The molecule has 6 heteroatoms. The van der Waals surface area contributed by atoms with Gasteiger partial charge in [0.15, 0.2) is 0 Å². The van der Waals surface area contributed by atoms with Gasteiger partial charge >= 0.3 is 0 Å². The third-order valence-corrected chi connectivity index (χ3v) is 2.14. The van der Waals surface area contributed by atoms with E-state index in [0.29, 0.717) is 18.3 Å². The number of halogens is 1. The standard InChI is InChI=1S/C11H13N3O2.ClH/c1-12-7-10-13-11(14-16-10)8-3-5-9(15-2)6-4-8;/h3-6,12H,7H2,1-2H3;1H. The predicted molar refractivity (Wildman–Crippen MR) is 66.3 cm³/mol. The minimum atomic E-state index is 0. The smallest absolute Gasteiger partial charge is 0.240 e. The first-order valence-electron chi connectivity index (χ1n) is 4.95. The zero-order chi connectivity index (χ0) is 11.4. The van der Waals surface area contributed by atoms with Gasteiger partial charge < -0.3 is 14.6 Å². The topological polar surface area (TPSA) is 60.2 Å². The van der Waals surface area contributed by atoms with Gasteiger partial charge in [-0.2, -0.15) is 4.98 Å². The lowest BCUT2D eigenvalue weighted by Gasteiger charge is -1.98. The summed E-state index contributed by atoms with van der Waals surface area (Å²) in [4.78, 5) is 4.24. The molecule has 1 aromatic heterocycles. The Morgan fingerprint density at radius 3 is 2.59 bits per heavy atom. The van der Waals surface area contributed by atoms with Crippen LogP contribution < -0.4 is 10.1 Å². The number of hydrogen-bond donors (Lipinski definition) is 1. The van der Waals surface area contributed by atoms with Gasteiger partial charge in [0.25, 0.3) is 0 Å².